The Hall–Kier alpha value is -3.10. The third-order valence-corrected chi connectivity index (χ3v) is 7.96. The van der Waals surface area contributed by atoms with Gasteiger partial charge in [0, 0.05) is 29.2 Å². The van der Waals surface area contributed by atoms with E-state index in [4.69, 9.17) is 4.74 Å². The highest BCUT2D eigenvalue weighted by molar-refractivity contribution is 9.10. The van der Waals surface area contributed by atoms with Crippen LogP contribution in [-0.4, -0.2) is 36.5 Å². The fourth-order valence-electron chi connectivity index (χ4n) is 4.91. The van der Waals surface area contributed by atoms with Gasteiger partial charge in [-0.3, -0.25) is 4.79 Å². The number of hydrogen-bond acceptors (Lipinski definition) is 3. The zero-order valence-corrected chi connectivity index (χ0v) is 23.1. The van der Waals surface area contributed by atoms with Gasteiger partial charge < -0.3 is 15.0 Å². The first kappa shape index (κ1) is 27.5. The molecule has 1 N–H and O–H groups in total. The van der Waals surface area contributed by atoms with Gasteiger partial charge in [0.1, 0.15) is 0 Å². The van der Waals surface area contributed by atoms with E-state index in [2.05, 4.69) is 27.3 Å². The van der Waals surface area contributed by atoms with E-state index < -0.39 is 23.2 Å². The maximum absolute atomic E-state index is 13.8. The Kier molecular flexibility index (Phi) is 8.72. The molecule has 0 aromatic heterocycles. The summed E-state index contributed by atoms with van der Waals surface area (Å²) < 4.78 is 47.0. The number of carbonyl (C=O) groups is 1. The quantitative estimate of drug-likeness (QED) is 0.206. The fraction of sp³-hybridized carbons (Fsp3) is 0.323. The lowest BCUT2D eigenvalue weighted by Gasteiger charge is -2.28. The van der Waals surface area contributed by atoms with E-state index >= 15 is 0 Å². The summed E-state index contributed by atoms with van der Waals surface area (Å²) in [5.41, 5.74) is 5.06. The molecule has 0 unspecified atom stereocenters. The molecule has 1 aliphatic carbocycles. The van der Waals surface area contributed by atoms with Crippen LogP contribution in [0.15, 0.2) is 70.7 Å². The Bertz CT molecular complexity index is 1370. The van der Waals surface area contributed by atoms with E-state index in [1.54, 1.807) is 0 Å². The molecule has 3 aromatic rings. The molecule has 0 bridgehead atoms. The Morgan fingerprint density at radius 3 is 2.49 bits per heavy atom. The highest BCUT2D eigenvalue weighted by Gasteiger charge is 2.35. The zero-order chi connectivity index (χ0) is 27.4. The van der Waals surface area contributed by atoms with Crippen molar-refractivity contribution in [2.45, 2.75) is 44.7 Å². The Morgan fingerprint density at radius 1 is 1.00 bits per heavy atom. The average molecular weight is 599 g/mol. The Morgan fingerprint density at radius 2 is 1.74 bits per heavy atom. The van der Waals surface area contributed by atoms with Gasteiger partial charge in [-0.2, -0.15) is 4.39 Å². The first-order valence-corrected chi connectivity index (χ1v) is 14.0. The molecule has 0 saturated heterocycles. The summed E-state index contributed by atoms with van der Waals surface area (Å²) in [6.07, 6.45) is 3.97. The van der Waals surface area contributed by atoms with Crippen molar-refractivity contribution in [2.24, 2.45) is 0 Å². The molecule has 39 heavy (non-hydrogen) atoms. The fourth-order valence-corrected chi connectivity index (χ4v) is 5.32. The topological polar surface area (TPSA) is 41.6 Å². The first-order chi connectivity index (χ1) is 18.9. The van der Waals surface area contributed by atoms with E-state index in [0.29, 0.717) is 25.9 Å². The van der Waals surface area contributed by atoms with Gasteiger partial charge in [-0.1, -0.05) is 58.4 Å². The smallest absolute Gasteiger partial charge is 0.251 e. The minimum atomic E-state index is -1.31. The minimum absolute atomic E-state index is 0.0586. The van der Waals surface area contributed by atoms with E-state index in [1.807, 2.05) is 47.4 Å². The van der Waals surface area contributed by atoms with Gasteiger partial charge in [-0.05, 0) is 79.1 Å². The standard InChI is InChI=1S/C31H30BrF3N2O2/c32-26-6-2-1-5-22(26)19-37(23-11-12-23)31(38)25-18-36-16-15-24(25)21-9-7-20(8-10-21)4-3-17-39-30-28(34)14-13-27(33)29(30)35/h1-2,5-10,13-14,23,36H,3-4,11-12,15-19H2. The van der Waals surface area contributed by atoms with Crippen molar-refractivity contribution in [3.05, 3.63) is 105 Å². The molecule has 1 saturated carbocycles. The second-order valence-electron chi connectivity index (χ2n) is 9.96. The van der Waals surface area contributed by atoms with Crippen LogP contribution in [-0.2, 0) is 17.8 Å². The third-order valence-electron chi connectivity index (χ3n) is 7.18. The van der Waals surface area contributed by atoms with E-state index in [0.717, 1.165) is 70.2 Å². The number of amides is 1. The molecule has 0 atom stereocenters. The molecular formula is C31H30BrF3N2O2. The van der Waals surface area contributed by atoms with Crippen molar-refractivity contribution >= 4 is 27.4 Å². The van der Waals surface area contributed by atoms with Gasteiger partial charge in [0.2, 0.25) is 5.82 Å². The second-order valence-corrected chi connectivity index (χ2v) is 10.8. The van der Waals surface area contributed by atoms with Gasteiger partial charge in [-0.25, -0.2) is 8.78 Å². The number of rotatable bonds is 10. The number of halogens is 4. The Labute approximate surface area is 235 Å². The summed E-state index contributed by atoms with van der Waals surface area (Å²) in [6, 6.07) is 18.0. The van der Waals surface area contributed by atoms with Crippen LogP contribution in [0.5, 0.6) is 5.75 Å². The molecule has 2 aliphatic rings. The van der Waals surface area contributed by atoms with Gasteiger partial charge >= 0.3 is 0 Å². The van der Waals surface area contributed by atoms with Crippen LogP contribution in [0.2, 0.25) is 0 Å². The molecule has 204 valence electrons. The van der Waals surface area contributed by atoms with Crippen LogP contribution in [0.1, 0.15) is 42.4 Å². The molecule has 1 heterocycles. The average Bonchev–Trinajstić information content (AvgIpc) is 3.80. The minimum Gasteiger partial charge on any atom is -0.488 e. The molecule has 8 heteroatoms. The van der Waals surface area contributed by atoms with E-state index in [9.17, 15) is 18.0 Å². The van der Waals surface area contributed by atoms with Crippen LogP contribution in [0.4, 0.5) is 13.2 Å². The van der Waals surface area contributed by atoms with Crippen molar-refractivity contribution in [1.29, 1.82) is 0 Å². The summed E-state index contributed by atoms with van der Waals surface area (Å²) in [7, 11) is 0. The molecule has 5 rings (SSSR count). The maximum atomic E-state index is 13.8. The molecule has 1 amide bonds. The lowest BCUT2D eigenvalue weighted by Crippen LogP contribution is -2.39. The summed E-state index contributed by atoms with van der Waals surface area (Å²) in [5.74, 6) is -3.96. The highest BCUT2D eigenvalue weighted by Crippen LogP contribution is 2.34. The molecule has 0 spiro atoms. The summed E-state index contributed by atoms with van der Waals surface area (Å²) in [4.78, 5) is 15.8. The number of hydrogen-bond donors (Lipinski definition) is 1. The molecule has 4 nitrogen and oxygen atoms in total. The van der Waals surface area contributed by atoms with Gasteiger partial charge in [-0.15, -0.1) is 0 Å². The monoisotopic (exact) mass is 598 g/mol. The number of ether oxygens (including phenoxy) is 1. The number of carbonyl (C=O) groups excluding carboxylic acids is 1. The maximum Gasteiger partial charge on any atom is 0.251 e. The summed E-state index contributed by atoms with van der Waals surface area (Å²) >= 11 is 3.62. The lowest BCUT2D eigenvalue weighted by atomic mass is 9.92. The van der Waals surface area contributed by atoms with Crippen LogP contribution in [0, 0.1) is 17.5 Å². The van der Waals surface area contributed by atoms with Crippen molar-refractivity contribution < 1.29 is 22.7 Å². The SMILES string of the molecule is O=C(C1=C(c2ccc(CCCOc3c(F)ccc(F)c3F)cc2)CCNC1)N(Cc1ccccc1Br)C1CC1. The largest absolute Gasteiger partial charge is 0.488 e. The number of nitrogens with zero attached hydrogens (tertiary/aromatic N) is 1. The third kappa shape index (κ3) is 6.56. The normalized spacial score (nSPS) is 15.4. The summed E-state index contributed by atoms with van der Waals surface area (Å²) in [5, 5.41) is 3.37. The molecule has 0 radical (unpaired) electrons. The van der Waals surface area contributed by atoms with Crippen LogP contribution < -0.4 is 10.1 Å². The lowest BCUT2D eigenvalue weighted by molar-refractivity contribution is -0.128. The van der Waals surface area contributed by atoms with Crippen molar-refractivity contribution in [3.8, 4) is 5.75 Å². The summed E-state index contributed by atoms with van der Waals surface area (Å²) in [6.45, 7) is 1.99. The first-order valence-electron chi connectivity index (χ1n) is 13.2. The predicted octanol–water partition coefficient (Wildman–Crippen LogP) is 6.82. The van der Waals surface area contributed by atoms with Crippen LogP contribution in [0.25, 0.3) is 5.57 Å². The van der Waals surface area contributed by atoms with Gasteiger partial charge in [0.15, 0.2) is 17.4 Å². The molecular weight excluding hydrogens is 569 g/mol. The second kappa shape index (κ2) is 12.4. The van der Waals surface area contributed by atoms with Crippen molar-refractivity contribution in [3.63, 3.8) is 0 Å². The zero-order valence-electron chi connectivity index (χ0n) is 21.5. The van der Waals surface area contributed by atoms with Crippen LogP contribution in [0.3, 0.4) is 0 Å². The van der Waals surface area contributed by atoms with Crippen molar-refractivity contribution in [1.82, 2.24) is 10.2 Å². The Balaban J connectivity index is 1.26. The number of benzene rings is 3. The molecule has 3 aromatic carbocycles. The van der Waals surface area contributed by atoms with E-state index in [-0.39, 0.29) is 18.6 Å². The highest BCUT2D eigenvalue weighted by atomic mass is 79.9. The predicted molar refractivity (Wildman–Crippen MR) is 149 cm³/mol. The van der Waals surface area contributed by atoms with E-state index in [1.165, 1.54) is 0 Å². The van der Waals surface area contributed by atoms with Gasteiger partial charge in [0.05, 0.1) is 6.61 Å². The van der Waals surface area contributed by atoms with Crippen LogP contribution >= 0.6 is 15.9 Å². The van der Waals surface area contributed by atoms with Crippen molar-refractivity contribution in [2.75, 3.05) is 19.7 Å². The number of aryl methyl sites for hydroxylation is 1. The number of nitrogens with one attached hydrogen (secondary N) is 1. The molecule has 1 fully saturated rings. The van der Waals surface area contributed by atoms with Gasteiger partial charge in [0.25, 0.3) is 5.91 Å². The molecule has 1 aliphatic heterocycles.